The van der Waals surface area contributed by atoms with Gasteiger partial charge in [0.2, 0.25) is 0 Å². The molecule has 6 aromatic carbocycles. The van der Waals surface area contributed by atoms with Crippen LogP contribution in [0.15, 0.2) is 133 Å². The van der Waals surface area contributed by atoms with Crippen LogP contribution in [0.25, 0.3) is 55.6 Å². The highest BCUT2D eigenvalue weighted by molar-refractivity contribution is 5.77. The molecule has 0 saturated carbocycles. The number of hydrogen-bond acceptors (Lipinski definition) is 0. The molecule has 0 unspecified atom stereocenters. The molecule has 0 aliphatic heterocycles. The Hall–Kier alpha value is -4.68. The van der Waals surface area contributed by atoms with Crippen molar-refractivity contribution >= 4 is 0 Å². The monoisotopic (exact) mass is 514 g/mol. The summed E-state index contributed by atoms with van der Waals surface area (Å²) in [5.41, 5.74) is 18.0. The number of aryl methyl sites for hydroxylation is 1. The quantitative estimate of drug-likeness (QED) is 0.215. The molecule has 0 aliphatic rings. The van der Waals surface area contributed by atoms with Crippen LogP contribution in [0.5, 0.6) is 0 Å². The summed E-state index contributed by atoms with van der Waals surface area (Å²) in [4.78, 5) is 0. The molecule has 194 valence electrons. The first-order valence-electron chi connectivity index (χ1n) is 14.0. The van der Waals surface area contributed by atoms with Gasteiger partial charge in [-0.25, -0.2) is 0 Å². The van der Waals surface area contributed by atoms with E-state index < -0.39 is 0 Å². The Kier molecular flexibility index (Phi) is 6.93. The zero-order valence-corrected chi connectivity index (χ0v) is 23.7. The predicted octanol–water partition coefficient (Wildman–Crippen LogP) is 11.3. The molecule has 0 saturated heterocycles. The summed E-state index contributed by atoms with van der Waals surface area (Å²) in [6.07, 6.45) is 0. The lowest BCUT2D eigenvalue weighted by atomic mass is 9.90. The molecule has 6 rings (SSSR count). The lowest BCUT2D eigenvalue weighted by molar-refractivity contribution is 1.22. The van der Waals surface area contributed by atoms with E-state index in [9.17, 15) is 0 Å². The van der Waals surface area contributed by atoms with E-state index in [1.165, 1.54) is 77.9 Å². The van der Waals surface area contributed by atoms with Gasteiger partial charge in [0, 0.05) is 0 Å². The first-order valence-corrected chi connectivity index (χ1v) is 14.0. The molecule has 0 nitrogen and oxygen atoms in total. The molecular formula is C40H34. The normalized spacial score (nSPS) is 11.0. The summed E-state index contributed by atoms with van der Waals surface area (Å²) in [5.74, 6) is 0. The van der Waals surface area contributed by atoms with Crippen LogP contribution in [0.2, 0.25) is 0 Å². The maximum atomic E-state index is 2.33. The van der Waals surface area contributed by atoms with Crippen LogP contribution in [0, 0.1) is 27.7 Å². The molecule has 0 fully saturated rings. The van der Waals surface area contributed by atoms with Crippen LogP contribution >= 0.6 is 0 Å². The first kappa shape index (κ1) is 25.6. The minimum Gasteiger partial charge on any atom is -0.0622 e. The molecule has 0 bridgehead atoms. The van der Waals surface area contributed by atoms with Crippen molar-refractivity contribution in [3.8, 4) is 55.6 Å². The Morgan fingerprint density at radius 3 is 0.925 bits per heavy atom. The van der Waals surface area contributed by atoms with Crippen LogP contribution < -0.4 is 0 Å². The van der Waals surface area contributed by atoms with E-state index in [4.69, 9.17) is 0 Å². The number of hydrogen-bond donors (Lipinski definition) is 0. The van der Waals surface area contributed by atoms with Crippen LogP contribution in [-0.4, -0.2) is 0 Å². The summed E-state index contributed by atoms with van der Waals surface area (Å²) < 4.78 is 0. The third-order valence-corrected chi connectivity index (χ3v) is 8.44. The van der Waals surface area contributed by atoms with Gasteiger partial charge in [0.1, 0.15) is 0 Å². The zero-order valence-electron chi connectivity index (χ0n) is 23.7. The lowest BCUT2D eigenvalue weighted by Gasteiger charge is -2.15. The molecule has 0 atom stereocenters. The highest BCUT2D eigenvalue weighted by atomic mass is 14.1. The zero-order chi connectivity index (χ0) is 27.6. The number of benzene rings is 6. The SMILES string of the molecule is Cc1cc(-c2ccc(-c3ccc(-c4ccc(-c5ccc(-c6ccccc6)cc5)cc4)cc3)cc2)c(C)c(C)c1C. The molecule has 0 spiro atoms. The maximum absolute atomic E-state index is 2.33. The van der Waals surface area contributed by atoms with Crippen molar-refractivity contribution in [1.29, 1.82) is 0 Å². The Balaban J connectivity index is 1.18. The van der Waals surface area contributed by atoms with Crippen LogP contribution in [-0.2, 0) is 0 Å². The highest BCUT2D eigenvalue weighted by Crippen LogP contribution is 2.33. The van der Waals surface area contributed by atoms with Gasteiger partial charge in [-0.3, -0.25) is 0 Å². The van der Waals surface area contributed by atoms with E-state index in [0.717, 1.165) is 0 Å². The van der Waals surface area contributed by atoms with Crippen molar-refractivity contribution in [1.82, 2.24) is 0 Å². The van der Waals surface area contributed by atoms with Gasteiger partial charge in [0.05, 0.1) is 0 Å². The van der Waals surface area contributed by atoms with E-state index in [1.54, 1.807) is 0 Å². The molecule has 0 aromatic heterocycles. The van der Waals surface area contributed by atoms with Crippen molar-refractivity contribution < 1.29 is 0 Å². The predicted molar refractivity (Wildman–Crippen MR) is 173 cm³/mol. The van der Waals surface area contributed by atoms with Crippen molar-refractivity contribution in [2.24, 2.45) is 0 Å². The Bertz CT molecular complexity index is 1750. The second-order valence-corrected chi connectivity index (χ2v) is 10.8. The second kappa shape index (κ2) is 10.8. The molecule has 6 aromatic rings. The van der Waals surface area contributed by atoms with Gasteiger partial charge >= 0.3 is 0 Å². The summed E-state index contributed by atoms with van der Waals surface area (Å²) in [7, 11) is 0. The molecule has 0 heterocycles. The average molecular weight is 515 g/mol. The Morgan fingerprint density at radius 2 is 0.575 bits per heavy atom. The minimum atomic E-state index is 1.23. The van der Waals surface area contributed by atoms with Gasteiger partial charge in [-0.15, -0.1) is 0 Å². The molecule has 0 aliphatic carbocycles. The topological polar surface area (TPSA) is 0 Å². The van der Waals surface area contributed by atoms with E-state index >= 15 is 0 Å². The smallest absolute Gasteiger partial charge is 0.0149 e. The average Bonchev–Trinajstić information content (AvgIpc) is 3.02. The summed E-state index contributed by atoms with van der Waals surface area (Å²) >= 11 is 0. The van der Waals surface area contributed by atoms with Crippen molar-refractivity contribution in [3.63, 3.8) is 0 Å². The minimum absolute atomic E-state index is 1.23. The summed E-state index contributed by atoms with van der Waals surface area (Å²) in [6, 6.07) is 48.4. The van der Waals surface area contributed by atoms with Crippen molar-refractivity contribution in [2.75, 3.05) is 0 Å². The van der Waals surface area contributed by atoms with E-state index in [-0.39, 0.29) is 0 Å². The van der Waals surface area contributed by atoms with Crippen molar-refractivity contribution in [3.05, 3.63) is 156 Å². The summed E-state index contributed by atoms with van der Waals surface area (Å²) in [6.45, 7) is 8.89. The third-order valence-electron chi connectivity index (χ3n) is 8.44. The van der Waals surface area contributed by atoms with Crippen molar-refractivity contribution in [2.45, 2.75) is 27.7 Å². The fourth-order valence-corrected chi connectivity index (χ4v) is 5.55. The second-order valence-electron chi connectivity index (χ2n) is 10.8. The molecule has 0 heteroatoms. The molecule has 40 heavy (non-hydrogen) atoms. The molecule has 0 radical (unpaired) electrons. The van der Waals surface area contributed by atoms with Gasteiger partial charge in [-0.1, -0.05) is 133 Å². The fraction of sp³-hybridized carbons (Fsp3) is 0.100. The van der Waals surface area contributed by atoms with Gasteiger partial charge in [0.25, 0.3) is 0 Å². The van der Waals surface area contributed by atoms with E-state index in [1.807, 2.05) is 0 Å². The van der Waals surface area contributed by atoms with Gasteiger partial charge in [0.15, 0.2) is 0 Å². The van der Waals surface area contributed by atoms with Crippen LogP contribution in [0.1, 0.15) is 22.3 Å². The van der Waals surface area contributed by atoms with E-state index in [0.29, 0.717) is 0 Å². The van der Waals surface area contributed by atoms with Gasteiger partial charge < -0.3 is 0 Å². The first-order chi connectivity index (χ1) is 19.5. The van der Waals surface area contributed by atoms with Crippen LogP contribution in [0.3, 0.4) is 0 Å². The molecular weight excluding hydrogens is 480 g/mol. The fourth-order valence-electron chi connectivity index (χ4n) is 5.55. The lowest BCUT2D eigenvalue weighted by Crippen LogP contribution is -1.94. The molecule has 0 N–H and O–H groups in total. The Morgan fingerprint density at radius 1 is 0.275 bits per heavy atom. The third kappa shape index (κ3) is 5.01. The molecule has 0 amide bonds. The van der Waals surface area contributed by atoms with Gasteiger partial charge in [-0.2, -0.15) is 0 Å². The standard InChI is InChI=1S/C40H34/c1-27-26-40(30(4)29(3)28(27)2)39-24-22-38(23-25-39)37-20-18-36(19-21-37)35-16-14-34(15-17-35)33-12-10-32(11-13-33)31-8-6-5-7-9-31/h5-26H,1-4H3. The van der Waals surface area contributed by atoms with Gasteiger partial charge in [-0.05, 0) is 106 Å². The largest absolute Gasteiger partial charge is 0.0622 e. The highest BCUT2D eigenvalue weighted by Gasteiger charge is 2.10. The summed E-state index contributed by atoms with van der Waals surface area (Å²) in [5, 5.41) is 0. The maximum Gasteiger partial charge on any atom is -0.0149 e. The van der Waals surface area contributed by atoms with Crippen LogP contribution in [0.4, 0.5) is 0 Å². The van der Waals surface area contributed by atoms with E-state index in [2.05, 4.69) is 161 Å². The number of rotatable bonds is 5. The Labute approximate surface area is 238 Å².